The molecule has 1 aromatic heterocycles. The first kappa shape index (κ1) is 14.7. The van der Waals surface area contributed by atoms with Crippen molar-refractivity contribution >= 4 is 17.2 Å². The Kier molecular flexibility index (Phi) is 5.24. The second kappa shape index (κ2) is 7.14. The van der Waals surface area contributed by atoms with Gasteiger partial charge in [0.05, 0.1) is 11.2 Å². The maximum atomic E-state index is 13.5. The van der Waals surface area contributed by atoms with Gasteiger partial charge in [-0.15, -0.1) is 11.3 Å². The molecule has 0 spiro atoms. The normalized spacial score (nSPS) is 12.1. The first-order chi connectivity index (χ1) is 9.66. The molecule has 20 heavy (non-hydrogen) atoms. The average Bonchev–Trinajstić information content (AvgIpc) is 2.94. The number of benzene rings is 1. The molecule has 1 heterocycles. The minimum Gasteiger partial charge on any atom is -0.355 e. The van der Waals surface area contributed by atoms with E-state index in [1.807, 2.05) is 12.3 Å². The van der Waals surface area contributed by atoms with Gasteiger partial charge in [0.1, 0.15) is 5.82 Å². The van der Waals surface area contributed by atoms with Crippen molar-refractivity contribution < 1.29 is 9.18 Å². The molecular formula is C15H17FN2OS. The zero-order valence-electron chi connectivity index (χ0n) is 11.3. The van der Waals surface area contributed by atoms with Crippen LogP contribution in [0.4, 0.5) is 4.39 Å². The Bertz CT molecular complexity index is 557. The molecule has 0 aliphatic carbocycles. The largest absolute Gasteiger partial charge is 0.355 e. The molecule has 3 nitrogen and oxygen atoms in total. The zero-order chi connectivity index (χ0) is 14.4. The van der Waals surface area contributed by atoms with E-state index in [0.29, 0.717) is 18.5 Å². The van der Waals surface area contributed by atoms with E-state index in [-0.39, 0.29) is 17.6 Å². The van der Waals surface area contributed by atoms with Gasteiger partial charge in [0.15, 0.2) is 0 Å². The summed E-state index contributed by atoms with van der Waals surface area (Å²) in [6.45, 7) is 2.37. The Morgan fingerprint density at radius 3 is 2.95 bits per heavy atom. The molecule has 0 radical (unpaired) electrons. The van der Waals surface area contributed by atoms with Crippen molar-refractivity contribution in [3.63, 3.8) is 0 Å². The SMILES string of the molecule is CC(Cc1ccccc1F)C(=O)NCCc1cscn1. The third-order valence-corrected chi connectivity index (χ3v) is 3.73. The molecule has 0 aliphatic rings. The average molecular weight is 292 g/mol. The molecule has 2 aromatic rings. The Morgan fingerprint density at radius 1 is 1.45 bits per heavy atom. The Morgan fingerprint density at radius 2 is 2.25 bits per heavy atom. The van der Waals surface area contributed by atoms with Gasteiger partial charge in [-0.2, -0.15) is 0 Å². The number of aromatic nitrogens is 1. The number of carbonyl (C=O) groups excluding carboxylic acids is 1. The number of nitrogens with zero attached hydrogens (tertiary/aromatic N) is 1. The van der Waals surface area contributed by atoms with Crippen LogP contribution in [0.2, 0.25) is 0 Å². The monoisotopic (exact) mass is 292 g/mol. The number of nitrogens with one attached hydrogen (secondary N) is 1. The molecule has 0 aliphatic heterocycles. The van der Waals surface area contributed by atoms with Crippen molar-refractivity contribution in [1.29, 1.82) is 0 Å². The lowest BCUT2D eigenvalue weighted by molar-refractivity contribution is -0.124. The summed E-state index contributed by atoms with van der Waals surface area (Å²) in [6.07, 6.45) is 1.14. The van der Waals surface area contributed by atoms with Crippen molar-refractivity contribution in [1.82, 2.24) is 10.3 Å². The minimum atomic E-state index is -0.255. The van der Waals surface area contributed by atoms with E-state index in [4.69, 9.17) is 0 Å². The maximum Gasteiger partial charge on any atom is 0.223 e. The summed E-state index contributed by atoms with van der Waals surface area (Å²) in [5.74, 6) is -0.555. The molecule has 106 valence electrons. The predicted octanol–water partition coefficient (Wildman–Crippen LogP) is 2.82. The lowest BCUT2D eigenvalue weighted by atomic mass is 10.00. The molecule has 0 bridgehead atoms. The molecule has 0 saturated heterocycles. The van der Waals surface area contributed by atoms with Gasteiger partial charge in [-0.1, -0.05) is 25.1 Å². The number of thiazole rings is 1. The van der Waals surface area contributed by atoms with Crippen LogP contribution in [0.1, 0.15) is 18.2 Å². The molecule has 1 aromatic carbocycles. The summed E-state index contributed by atoms with van der Waals surface area (Å²) in [5, 5.41) is 4.83. The summed E-state index contributed by atoms with van der Waals surface area (Å²) < 4.78 is 13.5. The highest BCUT2D eigenvalue weighted by molar-refractivity contribution is 7.07. The van der Waals surface area contributed by atoms with Gasteiger partial charge in [-0.05, 0) is 18.1 Å². The highest BCUT2D eigenvalue weighted by Crippen LogP contribution is 2.12. The van der Waals surface area contributed by atoms with E-state index >= 15 is 0 Å². The van der Waals surface area contributed by atoms with Crippen LogP contribution in [0.3, 0.4) is 0 Å². The summed E-state index contributed by atoms with van der Waals surface area (Å²) in [6, 6.07) is 6.57. The predicted molar refractivity (Wildman–Crippen MR) is 78.1 cm³/mol. The van der Waals surface area contributed by atoms with E-state index in [2.05, 4.69) is 10.3 Å². The fourth-order valence-corrected chi connectivity index (χ4v) is 2.53. The van der Waals surface area contributed by atoms with Gasteiger partial charge in [0.2, 0.25) is 5.91 Å². The summed E-state index contributed by atoms with van der Waals surface area (Å²) in [5.41, 5.74) is 3.34. The molecule has 1 atom stereocenters. The number of halogens is 1. The van der Waals surface area contributed by atoms with Gasteiger partial charge < -0.3 is 5.32 Å². The Labute approximate surface area is 121 Å². The smallest absolute Gasteiger partial charge is 0.223 e. The number of carbonyl (C=O) groups is 1. The highest BCUT2D eigenvalue weighted by Gasteiger charge is 2.14. The van der Waals surface area contributed by atoms with Gasteiger partial charge in [-0.25, -0.2) is 9.37 Å². The quantitative estimate of drug-likeness (QED) is 0.889. The first-order valence-electron chi connectivity index (χ1n) is 6.55. The zero-order valence-corrected chi connectivity index (χ0v) is 12.1. The topological polar surface area (TPSA) is 42.0 Å². The van der Waals surface area contributed by atoms with Gasteiger partial charge in [0, 0.05) is 24.3 Å². The van der Waals surface area contributed by atoms with Crippen molar-refractivity contribution in [2.24, 2.45) is 5.92 Å². The number of hydrogen-bond donors (Lipinski definition) is 1. The summed E-state index contributed by atoms with van der Waals surface area (Å²) in [7, 11) is 0. The van der Waals surface area contributed by atoms with Crippen molar-refractivity contribution in [2.75, 3.05) is 6.54 Å². The van der Waals surface area contributed by atoms with Crippen LogP contribution in [0.15, 0.2) is 35.2 Å². The first-order valence-corrected chi connectivity index (χ1v) is 7.49. The van der Waals surface area contributed by atoms with E-state index in [9.17, 15) is 9.18 Å². The lowest BCUT2D eigenvalue weighted by Crippen LogP contribution is -2.32. The lowest BCUT2D eigenvalue weighted by Gasteiger charge is -2.12. The third-order valence-electron chi connectivity index (χ3n) is 3.10. The number of rotatable bonds is 6. The molecule has 0 saturated carbocycles. The third kappa shape index (κ3) is 4.13. The number of hydrogen-bond acceptors (Lipinski definition) is 3. The van der Waals surface area contributed by atoms with Crippen LogP contribution in [-0.2, 0) is 17.6 Å². The Balaban J connectivity index is 1.79. The molecule has 1 unspecified atom stereocenters. The molecule has 1 amide bonds. The molecule has 2 rings (SSSR count). The van der Waals surface area contributed by atoms with Crippen molar-refractivity contribution in [3.05, 3.63) is 52.2 Å². The second-order valence-corrected chi connectivity index (χ2v) is 5.44. The summed E-state index contributed by atoms with van der Waals surface area (Å²) >= 11 is 1.54. The van der Waals surface area contributed by atoms with Crippen LogP contribution in [0, 0.1) is 11.7 Å². The number of amides is 1. The second-order valence-electron chi connectivity index (χ2n) is 4.72. The molecular weight excluding hydrogens is 275 g/mol. The van der Waals surface area contributed by atoms with Gasteiger partial charge in [0.25, 0.3) is 0 Å². The van der Waals surface area contributed by atoms with E-state index in [0.717, 1.165) is 12.1 Å². The van der Waals surface area contributed by atoms with Crippen LogP contribution in [0.25, 0.3) is 0 Å². The molecule has 5 heteroatoms. The van der Waals surface area contributed by atoms with Gasteiger partial charge >= 0.3 is 0 Å². The van der Waals surface area contributed by atoms with Crippen LogP contribution in [-0.4, -0.2) is 17.4 Å². The fraction of sp³-hybridized carbons (Fsp3) is 0.333. The van der Waals surface area contributed by atoms with Crippen molar-refractivity contribution in [2.45, 2.75) is 19.8 Å². The standard InChI is InChI=1S/C15H17FN2OS/c1-11(8-12-4-2-3-5-14(12)16)15(19)17-7-6-13-9-20-10-18-13/h2-5,9-11H,6-8H2,1H3,(H,17,19). The summed E-state index contributed by atoms with van der Waals surface area (Å²) in [4.78, 5) is 16.1. The van der Waals surface area contributed by atoms with E-state index in [1.54, 1.807) is 35.0 Å². The van der Waals surface area contributed by atoms with Crippen molar-refractivity contribution in [3.8, 4) is 0 Å². The van der Waals surface area contributed by atoms with Crippen LogP contribution >= 0.6 is 11.3 Å². The highest BCUT2D eigenvalue weighted by atomic mass is 32.1. The van der Waals surface area contributed by atoms with E-state index < -0.39 is 0 Å². The maximum absolute atomic E-state index is 13.5. The van der Waals surface area contributed by atoms with E-state index in [1.165, 1.54) is 6.07 Å². The minimum absolute atomic E-state index is 0.0523. The van der Waals surface area contributed by atoms with Crippen LogP contribution < -0.4 is 5.32 Å². The Hall–Kier alpha value is -1.75. The van der Waals surface area contributed by atoms with Gasteiger partial charge in [-0.3, -0.25) is 4.79 Å². The molecule has 0 fully saturated rings. The van der Waals surface area contributed by atoms with Crippen LogP contribution in [0.5, 0.6) is 0 Å². The fourth-order valence-electron chi connectivity index (χ4n) is 1.94. The molecule has 1 N–H and O–H groups in total.